The molecule has 3 aromatic carbocycles. The Morgan fingerprint density at radius 1 is 0.900 bits per heavy atom. The number of rotatable bonds is 4. The fraction of sp³-hybridized carbons (Fsp3) is 0.280. The maximum absolute atomic E-state index is 15.2. The van der Waals surface area contributed by atoms with Gasteiger partial charge < -0.3 is 4.74 Å². The van der Waals surface area contributed by atoms with Crippen LogP contribution in [0.1, 0.15) is 37.2 Å². The van der Waals surface area contributed by atoms with Gasteiger partial charge in [-0.15, -0.1) is 19.8 Å². The molecule has 0 amide bonds. The van der Waals surface area contributed by atoms with Crippen molar-refractivity contribution >= 4 is 10.8 Å². The minimum absolute atomic E-state index is 0.330. The summed E-state index contributed by atoms with van der Waals surface area (Å²) >= 11 is 0. The number of ether oxygens (including phenoxy) is 1. The maximum atomic E-state index is 15.2. The Balaban J connectivity index is 1.59. The second kappa shape index (κ2) is 8.13. The molecule has 0 unspecified atom stereocenters. The molecule has 0 saturated heterocycles. The summed E-state index contributed by atoms with van der Waals surface area (Å²) in [4.78, 5) is 0. The van der Waals surface area contributed by atoms with Crippen LogP contribution in [0.25, 0.3) is 21.9 Å². The molecule has 0 radical (unpaired) electrons. The van der Waals surface area contributed by atoms with Gasteiger partial charge in [0.25, 0.3) is 0 Å². The van der Waals surface area contributed by atoms with Crippen molar-refractivity contribution in [3.63, 3.8) is 0 Å². The Morgan fingerprint density at radius 3 is 2.23 bits per heavy atom. The van der Waals surface area contributed by atoms with Gasteiger partial charge in [0, 0.05) is 10.9 Å². The van der Waals surface area contributed by atoms with Crippen molar-refractivity contribution in [2.45, 2.75) is 38.0 Å². The van der Waals surface area contributed by atoms with E-state index in [1.165, 1.54) is 29.8 Å². The van der Waals surface area contributed by atoms with Crippen LogP contribution in [0.4, 0.5) is 17.6 Å². The molecule has 1 aliphatic rings. The van der Waals surface area contributed by atoms with Crippen LogP contribution < -0.4 is 4.74 Å². The molecule has 0 N–H and O–H groups in total. The summed E-state index contributed by atoms with van der Waals surface area (Å²) in [5.74, 6) is 0.367. The van der Waals surface area contributed by atoms with Crippen molar-refractivity contribution in [1.29, 1.82) is 0 Å². The SMILES string of the molecule is C=C[C@H]1CC[C@H](c2ccc3c(F)c(-c4ccc(OC(F)(F)F)cc4)ccc3c2)CC1. The Morgan fingerprint density at radius 2 is 1.60 bits per heavy atom. The summed E-state index contributed by atoms with van der Waals surface area (Å²) in [7, 11) is 0. The molecule has 5 heteroatoms. The van der Waals surface area contributed by atoms with E-state index in [1.54, 1.807) is 6.07 Å². The monoisotopic (exact) mass is 414 g/mol. The molecule has 0 aromatic heterocycles. The Hall–Kier alpha value is -2.82. The molecule has 0 atom stereocenters. The lowest BCUT2D eigenvalue weighted by molar-refractivity contribution is -0.274. The quantitative estimate of drug-likeness (QED) is 0.310. The Labute approximate surface area is 173 Å². The van der Waals surface area contributed by atoms with Crippen molar-refractivity contribution < 1.29 is 22.3 Å². The van der Waals surface area contributed by atoms with Gasteiger partial charge in [0.1, 0.15) is 11.6 Å². The smallest absolute Gasteiger partial charge is 0.406 e. The summed E-state index contributed by atoms with van der Waals surface area (Å²) in [6.07, 6.45) is 1.76. The summed E-state index contributed by atoms with van der Waals surface area (Å²) < 4.78 is 56.0. The van der Waals surface area contributed by atoms with E-state index < -0.39 is 6.36 Å². The lowest BCUT2D eigenvalue weighted by Gasteiger charge is -2.27. The summed E-state index contributed by atoms with van der Waals surface area (Å²) in [5, 5.41) is 1.34. The number of alkyl halides is 3. The molecule has 4 rings (SSSR count). The van der Waals surface area contributed by atoms with Crippen LogP contribution in [0, 0.1) is 11.7 Å². The molecule has 1 saturated carbocycles. The normalized spacial score (nSPS) is 19.6. The maximum Gasteiger partial charge on any atom is 0.573 e. The Bertz CT molecular complexity index is 1050. The molecule has 1 fully saturated rings. The van der Waals surface area contributed by atoms with Gasteiger partial charge in [-0.05, 0) is 66.2 Å². The average molecular weight is 414 g/mol. The van der Waals surface area contributed by atoms with E-state index in [0.29, 0.717) is 28.3 Å². The van der Waals surface area contributed by atoms with E-state index in [0.717, 1.165) is 31.1 Å². The standard InChI is InChI=1S/C25H22F4O/c1-2-16-3-5-17(6-4-16)19-9-13-23-20(15-19)10-14-22(24(23)26)18-7-11-21(12-8-18)30-25(27,28)29/h2,7-17H,1,3-6H2/t16-,17-. The topological polar surface area (TPSA) is 9.23 Å². The highest BCUT2D eigenvalue weighted by atomic mass is 19.4. The molecular weight excluding hydrogens is 392 g/mol. The third kappa shape index (κ3) is 4.35. The zero-order valence-corrected chi connectivity index (χ0v) is 16.4. The summed E-state index contributed by atoms with van der Waals surface area (Å²) in [6.45, 7) is 3.89. The van der Waals surface area contributed by atoms with Crippen LogP contribution in [0.5, 0.6) is 5.75 Å². The molecule has 1 aliphatic carbocycles. The molecule has 30 heavy (non-hydrogen) atoms. The number of benzene rings is 3. The van der Waals surface area contributed by atoms with E-state index >= 15 is 4.39 Å². The fourth-order valence-corrected chi connectivity index (χ4v) is 4.31. The molecule has 156 valence electrons. The molecule has 0 spiro atoms. The van der Waals surface area contributed by atoms with Crippen molar-refractivity contribution in [2.75, 3.05) is 0 Å². The molecular formula is C25H22F4O. The van der Waals surface area contributed by atoms with Gasteiger partial charge in [0.2, 0.25) is 0 Å². The van der Waals surface area contributed by atoms with Crippen molar-refractivity contribution in [1.82, 2.24) is 0 Å². The molecule has 0 bridgehead atoms. The van der Waals surface area contributed by atoms with Crippen LogP contribution in [0.15, 0.2) is 67.3 Å². The van der Waals surface area contributed by atoms with E-state index in [2.05, 4.69) is 17.4 Å². The first kappa shape index (κ1) is 20.5. The number of allylic oxidation sites excluding steroid dienone is 1. The first-order valence-electron chi connectivity index (χ1n) is 10.0. The molecule has 3 aromatic rings. The van der Waals surface area contributed by atoms with Gasteiger partial charge in [0.15, 0.2) is 0 Å². The van der Waals surface area contributed by atoms with Crippen molar-refractivity contribution in [2.24, 2.45) is 5.92 Å². The van der Waals surface area contributed by atoms with E-state index in [4.69, 9.17) is 0 Å². The van der Waals surface area contributed by atoms with Gasteiger partial charge in [0.05, 0.1) is 0 Å². The first-order valence-corrected chi connectivity index (χ1v) is 10.0. The second-order valence-corrected chi connectivity index (χ2v) is 7.83. The molecule has 0 aliphatic heterocycles. The van der Waals surface area contributed by atoms with Crippen LogP contribution in [0.3, 0.4) is 0 Å². The highest BCUT2D eigenvalue weighted by Crippen LogP contribution is 2.38. The lowest BCUT2D eigenvalue weighted by Crippen LogP contribution is -2.16. The van der Waals surface area contributed by atoms with E-state index in [9.17, 15) is 13.2 Å². The number of hydrogen-bond donors (Lipinski definition) is 0. The lowest BCUT2D eigenvalue weighted by atomic mass is 9.78. The van der Waals surface area contributed by atoms with Crippen molar-refractivity contribution in [3.8, 4) is 16.9 Å². The van der Waals surface area contributed by atoms with Crippen LogP contribution in [-0.2, 0) is 0 Å². The molecule has 0 heterocycles. The van der Waals surface area contributed by atoms with Crippen LogP contribution in [0.2, 0.25) is 0 Å². The Kier molecular flexibility index (Phi) is 5.54. The summed E-state index contributed by atoms with van der Waals surface area (Å²) in [6, 6.07) is 14.6. The van der Waals surface area contributed by atoms with Gasteiger partial charge in [-0.1, -0.05) is 48.5 Å². The van der Waals surface area contributed by atoms with Gasteiger partial charge in [-0.3, -0.25) is 0 Å². The third-order valence-corrected chi connectivity index (χ3v) is 5.95. The average Bonchev–Trinajstić information content (AvgIpc) is 2.73. The number of hydrogen-bond acceptors (Lipinski definition) is 1. The van der Waals surface area contributed by atoms with Gasteiger partial charge >= 0.3 is 6.36 Å². The van der Waals surface area contributed by atoms with Crippen LogP contribution in [-0.4, -0.2) is 6.36 Å². The first-order chi connectivity index (χ1) is 14.3. The van der Waals surface area contributed by atoms with E-state index in [1.807, 2.05) is 24.3 Å². The zero-order chi connectivity index (χ0) is 21.3. The predicted molar refractivity (Wildman–Crippen MR) is 111 cm³/mol. The largest absolute Gasteiger partial charge is 0.573 e. The van der Waals surface area contributed by atoms with E-state index in [-0.39, 0.29) is 11.6 Å². The highest BCUT2D eigenvalue weighted by Gasteiger charge is 2.31. The minimum Gasteiger partial charge on any atom is -0.406 e. The predicted octanol–water partition coefficient (Wildman–Crippen LogP) is 8.00. The zero-order valence-electron chi connectivity index (χ0n) is 16.4. The number of halogens is 4. The van der Waals surface area contributed by atoms with Crippen molar-refractivity contribution in [3.05, 3.63) is 78.6 Å². The second-order valence-electron chi connectivity index (χ2n) is 7.83. The van der Waals surface area contributed by atoms with Crippen LogP contribution >= 0.6 is 0 Å². The minimum atomic E-state index is -4.75. The summed E-state index contributed by atoms with van der Waals surface area (Å²) in [5.41, 5.74) is 2.07. The van der Waals surface area contributed by atoms with Gasteiger partial charge in [-0.2, -0.15) is 0 Å². The molecule has 1 nitrogen and oxygen atoms in total. The highest BCUT2D eigenvalue weighted by molar-refractivity contribution is 5.89. The third-order valence-electron chi connectivity index (χ3n) is 5.95. The fourth-order valence-electron chi connectivity index (χ4n) is 4.31. The van der Waals surface area contributed by atoms with Gasteiger partial charge in [-0.25, -0.2) is 4.39 Å². The number of fused-ring (bicyclic) bond motifs is 1.